The van der Waals surface area contributed by atoms with Crippen molar-refractivity contribution in [1.82, 2.24) is 25.0 Å². The number of benzene rings is 1. The number of rotatable bonds is 6. The van der Waals surface area contributed by atoms with E-state index in [4.69, 9.17) is 9.84 Å². The fourth-order valence-electron chi connectivity index (χ4n) is 3.20. The lowest BCUT2D eigenvalue weighted by Crippen LogP contribution is -2.34. The molecule has 0 bridgehead atoms. The van der Waals surface area contributed by atoms with Crippen molar-refractivity contribution < 1.29 is 28.1 Å². The number of aliphatic hydroxyl groups excluding tert-OH is 2. The predicted molar refractivity (Wildman–Crippen MR) is 99.3 cm³/mol. The number of fused-ring (bicyclic) bond motifs is 1. The van der Waals surface area contributed by atoms with Gasteiger partial charge in [0.1, 0.15) is 12.4 Å². The number of hydrogen-bond donors (Lipinski definition) is 3. The average molecular weight is 424 g/mol. The molecule has 3 atom stereocenters. The first-order valence-corrected chi connectivity index (χ1v) is 9.30. The molecule has 1 aromatic carbocycles. The lowest BCUT2D eigenvalue weighted by Gasteiger charge is -2.15. The van der Waals surface area contributed by atoms with Crippen LogP contribution in [0.5, 0.6) is 5.75 Å². The Morgan fingerprint density at radius 1 is 1.23 bits per heavy atom. The number of alkyl halides is 3. The SMILES string of the molecule is OC1CCC(Nc2ncc3nnn(-c4ccc(OCC(O)C(F)(F)F)cc4)c3n2)C1. The highest BCUT2D eigenvalue weighted by Crippen LogP contribution is 2.24. The van der Waals surface area contributed by atoms with Crippen LogP contribution in [0.4, 0.5) is 19.1 Å². The smallest absolute Gasteiger partial charge is 0.417 e. The van der Waals surface area contributed by atoms with Crippen LogP contribution >= 0.6 is 0 Å². The summed E-state index contributed by atoms with van der Waals surface area (Å²) in [7, 11) is 0. The van der Waals surface area contributed by atoms with Gasteiger partial charge in [-0.1, -0.05) is 5.21 Å². The summed E-state index contributed by atoms with van der Waals surface area (Å²) < 4.78 is 43.5. The molecule has 160 valence electrons. The summed E-state index contributed by atoms with van der Waals surface area (Å²) in [5, 5.41) is 29.9. The molecule has 4 rings (SSSR count). The Morgan fingerprint density at radius 3 is 2.67 bits per heavy atom. The molecule has 1 aliphatic carbocycles. The minimum atomic E-state index is -4.73. The average Bonchev–Trinajstić information content (AvgIpc) is 3.31. The first-order valence-electron chi connectivity index (χ1n) is 9.30. The maximum atomic E-state index is 12.4. The monoisotopic (exact) mass is 424 g/mol. The molecule has 1 fully saturated rings. The van der Waals surface area contributed by atoms with Crippen molar-refractivity contribution in [2.45, 2.75) is 43.7 Å². The minimum absolute atomic E-state index is 0.0882. The van der Waals surface area contributed by atoms with Gasteiger partial charge in [0.2, 0.25) is 5.95 Å². The third-order valence-electron chi connectivity index (χ3n) is 4.80. The molecule has 2 aromatic heterocycles. The third kappa shape index (κ3) is 4.44. The molecule has 1 aliphatic rings. The van der Waals surface area contributed by atoms with Crippen LogP contribution in [0.25, 0.3) is 16.9 Å². The topological polar surface area (TPSA) is 118 Å². The zero-order valence-electron chi connectivity index (χ0n) is 15.6. The van der Waals surface area contributed by atoms with E-state index in [-0.39, 0.29) is 17.9 Å². The van der Waals surface area contributed by atoms with Crippen LogP contribution in [-0.4, -0.2) is 66.2 Å². The van der Waals surface area contributed by atoms with Crippen LogP contribution < -0.4 is 10.1 Å². The second-order valence-corrected chi connectivity index (χ2v) is 7.07. The standard InChI is InChI=1S/C18H19F3N6O3/c19-18(20,21)15(29)9-30-13-5-2-11(3-6-13)27-16-14(25-26-27)8-22-17(24-16)23-10-1-4-12(28)7-10/h2-3,5-6,8,10,12,15,28-29H,1,4,7,9H2,(H,22,23,24). The summed E-state index contributed by atoms with van der Waals surface area (Å²) >= 11 is 0. The molecule has 3 unspecified atom stereocenters. The lowest BCUT2D eigenvalue weighted by molar-refractivity contribution is -0.210. The molecule has 0 radical (unpaired) electrons. The molecular formula is C18H19F3N6O3. The Kier molecular flexibility index (Phi) is 5.43. The molecule has 12 heteroatoms. The quantitative estimate of drug-likeness (QED) is 0.549. The summed E-state index contributed by atoms with van der Waals surface area (Å²) in [6.07, 6.45) is -3.89. The second kappa shape index (κ2) is 8.03. The number of hydrogen-bond acceptors (Lipinski definition) is 8. The van der Waals surface area contributed by atoms with Crippen molar-refractivity contribution in [3.63, 3.8) is 0 Å². The van der Waals surface area contributed by atoms with E-state index in [1.165, 1.54) is 23.0 Å². The van der Waals surface area contributed by atoms with Gasteiger partial charge >= 0.3 is 6.18 Å². The number of anilines is 1. The molecule has 0 saturated heterocycles. The number of aliphatic hydroxyl groups is 2. The van der Waals surface area contributed by atoms with Crippen molar-refractivity contribution in [3.8, 4) is 11.4 Å². The largest absolute Gasteiger partial charge is 0.491 e. The molecule has 3 N–H and O–H groups in total. The highest BCUT2D eigenvalue weighted by molar-refractivity contribution is 5.72. The van der Waals surface area contributed by atoms with E-state index < -0.39 is 18.9 Å². The summed E-state index contributed by atoms with van der Waals surface area (Å²) in [4.78, 5) is 8.68. The number of nitrogens with zero attached hydrogens (tertiary/aromatic N) is 5. The lowest BCUT2D eigenvalue weighted by atomic mass is 10.2. The summed E-state index contributed by atoms with van der Waals surface area (Å²) in [5.74, 6) is 0.564. The Balaban J connectivity index is 1.49. The molecule has 30 heavy (non-hydrogen) atoms. The van der Waals surface area contributed by atoms with Gasteiger partial charge in [0, 0.05) is 6.04 Å². The first kappa shape index (κ1) is 20.3. The van der Waals surface area contributed by atoms with Crippen LogP contribution in [-0.2, 0) is 0 Å². The van der Waals surface area contributed by atoms with Gasteiger partial charge in [0.15, 0.2) is 17.3 Å². The Hall–Kier alpha value is -2.99. The summed E-state index contributed by atoms with van der Waals surface area (Å²) in [5.41, 5.74) is 1.50. The van der Waals surface area contributed by atoms with Crippen LogP contribution in [0.1, 0.15) is 19.3 Å². The van der Waals surface area contributed by atoms with Crippen LogP contribution in [0.3, 0.4) is 0 Å². The number of ether oxygens (including phenoxy) is 1. The van der Waals surface area contributed by atoms with Crippen LogP contribution in [0.15, 0.2) is 30.5 Å². The van der Waals surface area contributed by atoms with E-state index in [2.05, 4.69) is 25.6 Å². The highest BCUT2D eigenvalue weighted by Gasteiger charge is 2.38. The number of aromatic nitrogens is 5. The van der Waals surface area contributed by atoms with Gasteiger partial charge in [0.25, 0.3) is 0 Å². The Bertz CT molecular complexity index is 1010. The zero-order chi connectivity index (χ0) is 21.3. The highest BCUT2D eigenvalue weighted by atomic mass is 19.4. The number of halogens is 3. The van der Waals surface area contributed by atoms with Crippen molar-refractivity contribution >= 4 is 17.1 Å². The second-order valence-electron chi connectivity index (χ2n) is 7.07. The van der Waals surface area contributed by atoms with Crippen molar-refractivity contribution in [1.29, 1.82) is 0 Å². The third-order valence-corrected chi connectivity index (χ3v) is 4.80. The Morgan fingerprint density at radius 2 is 2.00 bits per heavy atom. The van der Waals surface area contributed by atoms with Gasteiger partial charge in [-0.2, -0.15) is 22.8 Å². The molecule has 2 heterocycles. The molecular weight excluding hydrogens is 405 g/mol. The minimum Gasteiger partial charge on any atom is -0.491 e. The summed E-state index contributed by atoms with van der Waals surface area (Å²) in [6, 6.07) is 6.20. The normalized spacial score (nSPS) is 20.4. The molecule has 0 amide bonds. The van der Waals surface area contributed by atoms with E-state index in [1.54, 1.807) is 12.1 Å². The van der Waals surface area contributed by atoms with Gasteiger partial charge in [-0.05, 0) is 43.5 Å². The Labute approximate surface area is 168 Å². The van der Waals surface area contributed by atoms with E-state index in [0.717, 1.165) is 12.8 Å². The van der Waals surface area contributed by atoms with Gasteiger partial charge in [-0.15, -0.1) is 5.10 Å². The van der Waals surface area contributed by atoms with Gasteiger partial charge < -0.3 is 20.3 Å². The van der Waals surface area contributed by atoms with Gasteiger partial charge in [-0.3, -0.25) is 0 Å². The van der Waals surface area contributed by atoms with Crippen molar-refractivity contribution in [2.75, 3.05) is 11.9 Å². The maximum absolute atomic E-state index is 12.4. The fraction of sp³-hybridized carbons (Fsp3) is 0.444. The zero-order valence-corrected chi connectivity index (χ0v) is 15.6. The van der Waals surface area contributed by atoms with Gasteiger partial charge in [0.05, 0.1) is 18.0 Å². The van der Waals surface area contributed by atoms with E-state index in [0.29, 0.717) is 29.2 Å². The van der Waals surface area contributed by atoms with Crippen molar-refractivity contribution in [2.24, 2.45) is 0 Å². The van der Waals surface area contributed by atoms with Crippen LogP contribution in [0, 0.1) is 0 Å². The fourth-order valence-corrected chi connectivity index (χ4v) is 3.20. The molecule has 9 nitrogen and oxygen atoms in total. The van der Waals surface area contributed by atoms with Gasteiger partial charge in [-0.25, -0.2) is 4.98 Å². The molecule has 3 aromatic rings. The number of nitrogens with one attached hydrogen (secondary N) is 1. The molecule has 0 aliphatic heterocycles. The summed E-state index contributed by atoms with van der Waals surface area (Å²) in [6.45, 7) is -0.896. The van der Waals surface area contributed by atoms with E-state index >= 15 is 0 Å². The first-order chi connectivity index (χ1) is 14.3. The van der Waals surface area contributed by atoms with Crippen LogP contribution in [0.2, 0.25) is 0 Å². The molecule has 1 saturated carbocycles. The maximum Gasteiger partial charge on any atom is 0.417 e. The predicted octanol–water partition coefficient (Wildman–Crippen LogP) is 1.84. The molecule has 0 spiro atoms. The van der Waals surface area contributed by atoms with E-state index in [9.17, 15) is 18.3 Å². The van der Waals surface area contributed by atoms with E-state index in [1.807, 2.05) is 0 Å². The van der Waals surface area contributed by atoms with Crippen molar-refractivity contribution in [3.05, 3.63) is 30.5 Å².